The molecule has 0 aromatic rings. The molecule has 15 heavy (non-hydrogen) atoms. The number of ether oxygens (including phenoxy) is 1. The van der Waals surface area contributed by atoms with E-state index in [1.54, 1.807) is 7.05 Å². The van der Waals surface area contributed by atoms with Gasteiger partial charge in [-0.3, -0.25) is 4.79 Å². The first-order chi connectivity index (χ1) is 6.82. The molecule has 2 N–H and O–H groups in total. The molecule has 0 bridgehead atoms. The fraction of sp³-hybridized carbons (Fsp3) is 0.909. The van der Waals surface area contributed by atoms with E-state index >= 15 is 0 Å². The minimum absolute atomic E-state index is 0.211. The molecule has 0 radical (unpaired) electrons. The number of carboxylic acid groups (broad SMARTS) is 1. The molecule has 88 valence electrons. The van der Waals surface area contributed by atoms with E-state index in [0.29, 0.717) is 0 Å². The fourth-order valence-corrected chi connectivity index (χ4v) is 1.64. The zero-order chi connectivity index (χ0) is 11.7. The van der Waals surface area contributed by atoms with Gasteiger partial charge in [0.05, 0.1) is 12.2 Å². The molecule has 0 saturated heterocycles. The number of carboxylic acids is 1. The summed E-state index contributed by atoms with van der Waals surface area (Å²) >= 11 is 0. The minimum Gasteiger partial charge on any atom is -0.480 e. The molecule has 1 aliphatic carbocycles. The van der Waals surface area contributed by atoms with Crippen molar-refractivity contribution in [3.05, 3.63) is 0 Å². The molecule has 1 rings (SSSR count). The van der Waals surface area contributed by atoms with Gasteiger partial charge in [-0.1, -0.05) is 0 Å². The van der Waals surface area contributed by atoms with Gasteiger partial charge in [-0.15, -0.1) is 0 Å². The lowest BCUT2D eigenvalue weighted by atomic mass is 9.94. The van der Waals surface area contributed by atoms with Crippen LogP contribution in [0.3, 0.4) is 0 Å². The lowest BCUT2D eigenvalue weighted by Crippen LogP contribution is -2.57. The Morgan fingerprint density at radius 2 is 2.00 bits per heavy atom. The highest BCUT2D eigenvalue weighted by Gasteiger charge is 2.51. The molecule has 1 atom stereocenters. The summed E-state index contributed by atoms with van der Waals surface area (Å²) in [6, 6.07) is 0. The number of hydrogen-bond acceptors (Lipinski definition) is 3. The van der Waals surface area contributed by atoms with Crippen LogP contribution >= 0.6 is 0 Å². The predicted molar refractivity (Wildman–Crippen MR) is 57.9 cm³/mol. The molecular weight excluding hydrogens is 194 g/mol. The van der Waals surface area contributed by atoms with Crippen molar-refractivity contribution in [3.8, 4) is 0 Å². The topological polar surface area (TPSA) is 58.6 Å². The standard InChI is InChI=1S/C11H21NO3/c1-10(2,3)15-7-11(12-4,9(13)14)8-5-6-8/h8,12H,5-7H2,1-4H3,(H,13,14). The van der Waals surface area contributed by atoms with E-state index in [0.717, 1.165) is 12.8 Å². The van der Waals surface area contributed by atoms with E-state index in [9.17, 15) is 9.90 Å². The monoisotopic (exact) mass is 215 g/mol. The van der Waals surface area contributed by atoms with Crippen LogP contribution in [0.5, 0.6) is 0 Å². The van der Waals surface area contributed by atoms with Gasteiger partial charge in [-0.25, -0.2) is 0 Å². The van der Waals surface area contributed by atoms with E-state index in [1.165, 1.54) is 0 Å². The Kier molecular flexibility index (Phi) is 3.41. The molecular formula is C11H21NO3. The highest BCUT2D eigenvalue weighted by molar-refractivity contribution is 5.80. The van der Waals surface area contributed by atoms with Crippen LogP contribution in [0.1, 0.15) is 33.6 Å². The van der Waals surface area contributed by atoms with Crippen molar-refractivity contribution >= 4 is 5.97 Å². The molecule has 1 fully saturated rings. The smallest absolute Gasteiger partial charge is 0.326 e. The molecule has 4 nitrogen and oxygen atoms in total. The van der Waals surface area contributed by atoms with Gasteiger partial charge in [-0.2, -0.15) is 0 Å². The zero-order valence-electron chi connectivity index (χ0n) is 9.96. The Hall–Kier alpha value is -0.610. The number of aliphatic carboxylic acids is 1. The average molecular weight is 215 g/mol. The fourth-order valence-electron chi connectivity index (χ4n) is 1.64. The molecule has 4 heteroatoms. The zero-order valence-corrected chi connectivity index (χ0v) is 9.96. The Morgan fingerprint density at radius 3 is 2.27 bits per heavy atom. The van der Waals surface area contributed by atoms with Crippen LogP contribution < -0.4 is 5.32 Å². The van der Waals surface area contributed by atoms with Gasteiger partial charge in [-0.05, 0) is 46.6 Å². The maximum atomic E-state index is 11.3. The van der Waals surface area contributed by atoms with Crippen LogP contribution in [0.2, 0.25) is 0 Å². The highest BCUT2D eigenvalue weighted by Crippen LogP contribution is 2.40. The number of rotatable bonds is 5. The third-order valence-electron chi connectivity index (χ3n) is 2.83. The molecule has 0 aromatic heterocycles. The molecule has 1 saturated carbocycles. The highest BCUT2D eigenvalue weighted by atomic mass is 16.5. The lowest BCUT2D eigenvalue weighted by molar-refractivity contribution is -0.151. The van der Waals surface area contributed by atoms with Crippen molar-refractivity contribution in [2.45, 2.75) is 44.8 Å². The minimum atomic E-state index is -0.896. The summed E-state index contributed by atoms with van der Waals surface area (Å²) in [5.41, 5.74) is -1.19. The van der Waals surface area contributed by atoms with Crippen LogP contribution in [0.4, 0.5) is 0 Å². The van der Waals surface area contributed by atoms with E-state index in [2.05, 4.69) is 5.32 Å². The van der Waals surface area contributed by atoms with Gasteiger partial charge in [0.1, 0.15) is 5.54 Å². The number of likely N-dealkylation sites (N-methyl/N-ethyl adjacent to an activating group) is 1. The third-order valence-corrected chi connectivity index (χ3v) is 2.83. The van der Waals surface area contributed by atoms with Crippen LogP contribution in [0, 0.1) is 5.92 Å². The summed E-state index contributed by atoms with van der Waals surface area (Å²) in [4.78, 5) is 11.3. The number of nitrogens with one attached hydrogen (secondary N) is 1. The molecule has 0 spiro atoms. The molecule has 1 aliphatic rings. The second-order valence-electron chi connectivity index (χ2n) is 5.20. The molecule has 0 aromatic carbocycles. The Balaban J connectivity index is 2.68. The average Bonchev–Trinajstić information content (AvgIpc) is 2.87. The summed E-state index contributed by atoms with van der Waals surface area (Å²) in [5.74, 6) is -0.598. The second kappa shape index (κ2) is 4.10. The van der Waals surface area contributed by atoms with E-state index in [4.69, 9.17) is 4.74 Å². The lowest BCUT2D eigenvalue weighted by Gasteiger charge is -2.32. The first kappa shape index (κ1) is 12.5. The van der Waals surface area contributed by atoms with Gasteiger partial charge in [0, 0.05) is 0 Å². The Bertz CT molecular complexity index is 243. The summed E-state index contributed by atoms with van der Waals surface area (Å²) in [6.07, 6.45) is 1.95. The van der Waals surface area contributed by atoms with Crippen molar-refractivity contribution in [2.24, 2.45) is 5.92 Å². The quantitative estimate of drug-likeness (QED) is 0.724. The number of carbonyl (C=O) groups is 1. The predicted octanol–water partition coefficient (Wildman–Crippen LogP) is 1.25. The molecule has 0 aliphatic heterocycles. The van der Waals surface area contributed by atoms with Crippen LogP contribution in [0.15, 0.2) is 0 Å². The maximum Gasteiger partial charge on any atom is 0.326 e. The summed E-state index contributed by atoms with van der Waals surface area (Å²) < 4.78 is 5.60. The molecule has 1 unspecified atom stereocenters. The van der Waals surface area contributed by atoms with Crippen molar-refractivity contribution in [2.75, 3.05) is 13.7 Å². The summed E-state index contributed by atoms with van der Waals surface area (Å²) in [7, 11) is 1.69. The van der Waals surface area contributed by atoms with Gasteiger partial charge < -0.3 is 15.2 Å². The SMILES string of the molecule is CNC(COC(C)(C)C)(C(=O)O)C1CC1. The summed E-state index contributed by atoms with van der Waals surface area (Å²) in [6.45, 7) is 6.03. The Morgan fingerprint density at radius 1 is 1.47 bits per heavy atom. The van der Waals surface area contributed by atoms with Gasteiger partial charge in [0.15, 0.2) is 0 Å². The van der Waals surface area contributed by atoms with Crippen molar-refractivity contribution in [3.63, 3.8) is 0 Å². The van der Waals surface area contributed by atoms with E-state index in [-0.39, 0.29) is 18.1 Å². The van der Waals surface area contributed by atoms with Gasteiger partial charge in [0.25, 0.3) is 0 Å². The van der Waals surface area contributed by atoms with Gasteiger partial charge >= 0.3 is 5.97 Å². The first-order valence-corrected chi connectivity index (χ1v) is 5.38. The first-order valence-electron chi connectivity index (χ1n) is 5.38. The van der Waals surface area contributed by atoms with Gasteiger partial charge in [0.2, 0.25) is 0 Å². The van der Waals surface area contributed by atoms with Crippen LogP contribution in [0.25, 0.3) is 0 Å². The number of hydrogen-bond donors (Lipinski definition) is 2. The normalized spacial score (nSPS) is 21.1. The maximum absolute atomic E-state index is 11.3. The van der Waals surface area contributed by atoms with Crippen molar-refractivity contribution in [1.82, 2.24) is 5.32 Å². The van der Waals surface area contributed by atoms with Crippen LogP contribution in [-0.2, 0) is 9.53 Å². The van der Waals surface area contributed by atoms with E-state index < -0.39 is 11.5 Å². The summed E-state index contributed by atoms with van der Waals surface area (Å²) in [5, 5.41) is 12.2. The Labute approximate surface area is 91.0 Å². The van der Waals surface area contributed by atoms with Crippen molar-refractivity contribution in [1.29, 1.82) is 0 Å². The largest absolute Gasteiger partial charge is 0.480 e. The van der Waals surface area contributed by atoms with Crippen LogP contribution in [-0.4, -0.2) is 35.9 Å². The second-order valence-corrected chi connectivity index (χ2v) is 5.20. The van der Waals surface area contributed by atoms with E-state index in [1.807, 2.05) is 20.8 Å². The molecule has 0 amide bonds. The third kappa shape index (κ3) is 2.92. The van der Waals surface area contributed by atoms with Crippen molar-refractivity contribution < 1.29 is 14.6 Å². The molecule has 0 heterocycles.